The van der Waals surface area contributed by atoms with Gasteiger partial charge in [-0.25, -0.2) is 9.69 Å². The van der Waals surface area contributed by atoms with Gasteiger partial charge in [-0.15, -0.1) is 0 Å². The fourth-order valence-corrected chi connectivity index (χ4v) is 3.57. The third-order valence-corrected chi connectivity index (χ3v) is 4.68. The summed E-state index contributed by atoms with van der Waals surface area (Å²) in [6.07, 6.45) is 2.85. The number of rotatable bonds is 2. The molecule has 4 atom stereocenters. The number of carbonyl (C=O) groups is 3. The molecule has 0 saturated carbocycles. The summed E-state index contributed by atoms with van der Waals surface area (Å²) in [6, 6.07) is 4.10. The van der Waals surface area contributed by atoms with Crippen molar-refractivity contribution in [2.24, 2.45) is 11.8 Å². The zero-order valence-electron chi connectivity index (χ0n) is 11.1. The molecule has 2 amide bonds. The van der Waals surface area contributed by atoms with Crippen LogP contribution in [0.1, 0.15) is 10.4 Å². The molecule has 3 aliphatic heterocycles. The SMILES string of the molecule is O=C(O)c1cc(N2C(=O)[C@@H]3[C@H](C2=O)[C@H]2C=C[C@@H]3O2)ccc1Cl. The van der Waals surface area contributed by atoms with Crippen LogP contribution in [-0.2, 0) is 14.3 Å². The van der Waals surface area contributed by atoms with E-state index in [1.807, 2.05) is 0 Å². The number of carbonyl (C=O) groups excluding carboxylic acids is 2. The highest BCUT2D eigenvalue weighted by Crippen LogP contribution is 2.46. The van der Waals surface area contributed by atoms with E-state index < -0.39 is 17.8 Å². The smallest absolute Gasteiger partial charge is 0.337 e. The average Bonchev–Trinajstić information content (AvgIpc) is 3.14. The summed E-state index contributed by atoms with van der Waals surface area (Å²) in [5.41, 5.74) is 0.0831. The number of halogens is 1. The first-order chi connectivity index (χ1) is 10.5. The number of hydrogen-bond donors (Lipinski definition) is 1. The Morgan fingerprint density at radius 1 is 1.14 bits per heavy atom. The molecule has 0 radical (unpaired) electrons. The van der Waals surface area contributed by atoms with Gasteiger partial charge in [0.25, 0.3) is 0 Å². The number of hydrogen-bond acceptors (Lipinski definition) is 4. The molecule has 1 N–H and O–H groups in total. The third-order valence-electron chi connectivity index (χ3n) is 4.35. The molecule has 0 spiro atoms. The second-order valence-corrected chi connectivity index (χ2v) is 5.89. The van der Waals surface area contributed by atoms with Gasteiger partial charge in [-0.2, -0.15) is 0 Å². The van der Waals surface area contributed by atoms with Gasteiger partial charge in [-0.05, 0) is 18.2 Å². The summed E-state index contributed by atoms with van der Waals surface area (Å²) in [5, 5.41) is 9.17. The molecular weight excluding hydrogens is 310 g/mol. The first-order valence-corrected chi connectivity index (χ1v) is 7.11. The van der Waals surface area contributed by atoms with Crippen molar-refractivity contribution < 1.29 is 24.2 Å². The van der Waals surface area contributed by atoms with Gasteiger partial charge in [0.2, 0.25) is 11.8 Å². The van der Waals surface area contributed by atoms with Crippen LogP contribution in [0.5, 0.6) is 0 Å². The number of benzene rings is 1. The van der Waals surface area contributed by atoms with E-state index in [-0.39, 0.29) is 40.3 Å². The largest absolute Gasteiger partial charge is 0.478 e. The van der Waals surface area contributed by atoms with Crippen molar-refractivity contribution in [1.82, 2.24) is 0 Å². The topological polar surface area (TPSA) is 83.9 Å². The Hall–Kier alpha value is -2.18. The summed E-state index contributed by atoms with van der Waals surface area (Å²) >= 11 is 5.82. The molecule has 112 valence electrons. The lowest BCUT2D eigenvalue weighted by atomic mass is 9.85. The zero-order chi connectivity index (χ0) is 15.6. The van der Waals surface area contributed by atoms with Crippen LogP contribution in [0.15, 0.2) is 30.4 Å². The molecule has 6 nitrogen and oxygen atoms in total. The Morgan fingerprint density at radius 3 is 2.27 bits per heavy atom. The molecular formula is C15H10ClNO5. The lowest BCUT2D eigenvalue weighted by molar-refractivity contribution is -0.124. The average molecular weight is 320 g/mol. The highest BCUT2D eigenvalue weighted by molar-refractivity contribution is 6.34. The van der Waals surface area contributed by atoms with Gasteiger partial charge in [-0.1, -0.05) is 23.8 Å². The fraction of sp³-hybridized carbons (Fsp3) is 0.267. The van der Waals surface area contributed by atoms with E-state index in [0.29, 0.717) is 0 Å². The predicted molar refractivity (Wildman–Crippen MR) is 75.7 cm³/mol. The summed E-state index contributed by atoms with van der Waals surface area (Å²) in [7, 11) is 0. The van der Waals surface area contributed by atoms with Gasteiger partial charge in [0.05, 0.1) is 40.3 Å². The van der Waals surface area contributed by atoms with Crippen LogP contribution in [-0.4, -0.2) is 35.1 Å². The molecule has 2 bridgehead atoms. The molecule has 7 heteroatoms. The Morgan fingerprint density at radius 2 is 1.73 bits per heavy atom. The quantitative estimate of drug-likeness (QED) is 0.659. The number of nitrogens with zero attached hydrogens (tertiary/aromatic N) is 1. The molecule has 0 unspecified atom stereocenters. The van der Waals surface area contributed by atoms with Gasteiger partial charge in [0, 0.05) is 0 Å². The molecule has 3 aliphatic rings. The van der Waals surface area contributed by atoms with E-state index in [1.165, 1.54) is 18.2 Å². The summed E-state index contributed by atoms with van der Waals surface area (Å²) in [4.78, 5) is 37.3. The molecule has 2 fully saturated rings. The molecule has 3 heterocycles. The number of anilines is 1. The zero-order valence-corrected chi connectivity index (χ0v) is 11.9. The molecule has 22 heavy (non-hydrogen) atoms. The normalized spacial score (nSPS) is 32.0. The van der Waals surface area contributed by atoms with E-state index in [1.54, 1.807) is 12.2 Å². The number of ether oxygens (including phenoxy) is 1. The highest BCUT2D eigenvalue weighted by Gasteiger charge is 2.61. The summed E-state index contributed by atoms with van der Waals surface area (Å²) < 4.78 is 5.55. The second-order valence-electron chi connectivity index (χ2n) is 5.48. The van der Waals surface area contributed by atoms with Crippen molar-refractivity contribution in [3.63, 3.8) is 0 Å². The Bertz CT molecular complexity index is 728. The molecule has 1 aromatic carbocycles. The Balaban J connectivity index is 1.76. The lowest BCUT2D eigenvalue weighted by Crippen LogP contribution is -2.34. The molecule has 4 rings (SSSR count). The van der Waals surface area contributed by atoms with Crippen LogP contribution in [0.4, 0.5) is 5.69 Å². The highest BCUT2D eigenvalue weighted by atomic mass is 35.5. The van der Waals surface area contributed by atoms with Crippen molar-refractivity contribution in [3.05, 3.63) is 40.9 Å². The summed E-state index contributed by atoms with van der Waals surface area (Å²) in [5.74, 6) is -2.97. The maximum absolute atomic E-state index is 12.6. The first-order valence-electron chi connectivity index (χ1n) is 6.73. The van der Waals surface area contributed by atoms with Gasteiger partial charge in [-0.3, -0.25) is 9.59 Å². The Labute approximate surface area is 129 Å². The number of carboxylic acid groups (broad SMARTS) is 1. The van der Waals surface area contributed by atoms with Crippen molar-refractivity contribution in [1.29, 1.82) is 0 Å². The molecule has 1 aromatic rings. The van der Waals surface area contributed by atoms with E-state index in [0.717, 1.165) is 4.90 Å². The number of imide groups is 1. The van der Waals surface area contributed by atoms with Crippen LogP contribution in [0.3, 0.4) is 0 Å². The maximum Gasteiger partial charge on any atom is 0.337 e. The Kier molecular flexibility index (Phi) is 2.70. The second kappa shape index (κ2) is 4.41. The standard InChI is InChI=1S/C15H10ClNO5/c16-8-2-1-6(5-7(8)15(20)21)17-13(18)11-9-3-4-10(22-9)12(11)14(17)19/h1-5,9-12H,(H,20,21)/t9-,10+,11-,12+. The van der Waals surface area contributed by atoms with E-state index in [9.17, 15) is 14.4 Å². The number of amides is 2. The lowest BCUT2D eigenvalue weighted by Gasteiger charge is -2.18. The van der Waals surface area contributed by atoms with E-state index in [2.05, 4.69) is 0 Å². The van der Waals surface area contributed by atoms with Crippen LogP contribution in [0, 0.1) is 11.8 Å². The van der Waals surface area contributed by atoms with Crippen molar-refractivity contribution in [3.8, 4) is 0 Å². The molecule has 0 aromatic heterocycles. The van der Waals surface area contributed by atoms with Crippen LogP contribution in [0.2, 0.25) is 5.02 Å². The van der Waals surface area contributed by atoms with Crippen molar-refractivity contribution >= 4 is 35.1 Å². The third kappa shape index (κ3) is 1.62. The van der Waals surface area contributed by atoms with Gasteiger partial charge in [0.1, 0.15) is 0 Å². The van der Waals surface area contributed by atoms with E-state index >= 15 is 0 Å². The van der Waals surface area contributed by atoms with Crippen LogP contribution in [0.25, 0.3) is 0 Å². The van der Waals surface area contributed by atoms with Gasteiger partial charge in [0.15, 0.2) is 0 Å². The maximum atomic E-state index is 12.6. The van der Waals surface area contributed by atoms with Crippen molar-refractivity contribution in [2.75, 3.05) is 4.90 Å². The minimum Gasteiger partial charge on any atom is -0.478 e. The number of fused-ring (bicyclic) bond motifs is 5. The van der Waals surface area contributed by atoms with Crippen LogP contribution < -0.4 is 4.90 Å². The molecule has 2 saturated heterocycles. The predicted octanol–water partition coefficient (Wildman–Crippen LogP) is 1.48. The van der Waals surface area contributed by atoms with Gasteiger partial charge >= 0.3 is 5.97 Å². The number of carboxylic acids is 1. The van der Waals surface area contributed by atoms with Crippen molar-refractivity contribution in [2.45, 2.75) is 12.2 Å². The summed E-state index contributed by atoms with van der Waals surface area (Å²) in [6.45, 7) is 0. The minimum absolute atomic E-state index is 0.0561. The monoisotopic (exact) mass is 319 g/mol. The van der Waals surface area contributed by atoms with E-state index in [4.69, 9.17) is 21.4 Å². The fourth-order valence-electron chi connectivity index (χ4n) is 3.37. The number of aromatic carboxylic acids is 1. The minimum atomic E-state index is -1.21. The van der Waals surface area contributed by atoms with Crippen LogP contribution >= 0.6 is 11.6 Å². The molecule has 0 aliphatic carbocycles. The first kappa shape index (κ1) is 13.5. The van der Waals surface area contributed by atoms with Gasteiger partial charge < -0.3 is 9.84 Å².